The Kier molecular flexibility index (Phi) is 8.60. The van der Waals surface area contributed by atoms with Crippen molar-refractivity contribution in [2.45, 2.75) is 6.42 Å². The molecule has 0 radical (unpaired) electrons. The van der Waals surface area contributed by atoms with Crippen molar-refractivity contribution in [2.24, 2.45) is 0 Å². The molecule has 1 aliphatic rings. The molecule has 7 aromatic rings. The van der Waals surface area contributed by atoms with Gasteiger partial charge in [-0.05, 0) is 100 Å². The first-order valence-corrected chi connectivity index (χ1v) is 15.8. The van der Waals surface area contributed by atoms with Gasteiger partial charge in [-0.1, -0.05) is 86.5 Å². The van der Waals surface area contributed by atoms with Gasteiger partial charge in [0.15, 0.2) is 0 Å². The van der Waals surface area contributed by atoms with Crippen LogP contribution in [0.1, 0.15) is 11.1 Å². The fraction of sp³-hybridized carbons (Fsp3) is 0.0286. The van der Waals surface area contributed by atoms with Gasteiger partial charge in [0.2, 0.25) is 0 Å². The second-order valence-electron chi connectivity index (χ2n) is 9.53. The van der Waals surface area contributed by atoms with E-state index >= 15 is 0 Å². The van der Waals surface area contributed by atoms with Gasteiger partial charge in [0.05, 0.1) is 11.0 Å². The van der Waals surface area contributed by atoms with Crippen LogP contribution in [0, 0.1) is 3.57 Å². The van der Waals surface area contributed by atoms with Crippen LogP contribution < -0.4 is 0 Å². The monoisotopic (exact) mass is 771 g/mol. The van der Waals surface area contributed by atoms with Crippen molar-refractivity contribution < 1.29 is 0 Å². The molecule has 3 heterocycles. The average Bonchev–Trinajstić information content (AvgIpc) is 3.54. The van der Waals surface area contributed by atoms with Crippen LogP contribution in [0.3, 0.4) is 0 Å². The Morgan fingerprint density at radius 3 is 2.07 bits per heavy atom. The number of halogens is 3. The van der Waals surface area contributed by atoms with E-state index in [1.54, 1.807) is 0 Å². The number of pyridine rings is 2. The summed E-state index contributed by atoms with van der Waals surface area (Å²) < 4.78 is 5.76. The lowest BCUT2D eigenvalue weighted by molar-refractivity contribution is 1.17. The van der Waals surface area contributed by atoms with Gasteiger partial charge in [0, 0.05) is 59.3 Å². The summed E-state index contributed by atoms with van der Waals surface area (Å²) in [7, 11) is 0. The largest absolute Gasteiger partial charge is 0.309 e. The lowest BCUT2D eigenvalue weighted by Crippen LogP contribution is -1.93. The summed E-state index contributed by atoms with van der Waals surface area (Å²) in [6.45, 7) is 0. The highest BCUT2D eigenvalue weighted by molar-refractivity contribution is 14.1. The zero-order valence-electron chi connectivity index (χ0n) is 21.9. The molecule has 0 spiro atoms. The number of para-hydroxylation sites is 1. The Hall–Kier alpha value is -3.33. The van der Waals surface area contributed by atoms with Gasteiger partial charge in [-0.15, -0.1) is 0 Å². The normalized spacial score (nSPS) is 11.2. The average molecular weight is 773 g/mol. The van der Waals surface area contributed by atoms with E-state index in [1.807, 2.05) is 43.0 Å². The molecule has 6 heteroatoms. The Labute approximate surface area is 269 Å². The highest BCUT2D eigenvalue weighted by Gasteiger charge is 2.16. The summed E-state index contributed by atoms with van der Waals surface area (Å²) in [4.78, 5) is 8.42. The molecule has 1 aliphatic carbocycles. The summed E-state index contributed by atoms with van der Waals surface area (Å²) in [5.74, 6) is 0. The molecule has 0 unspecified atom stereocenters. The molecule has 0 atom stereocenters. The molecule has 0 saturated carbocycles. The SMILES string of the molecule is Brc1cccc(-n2c3ccccc3c3cnccc32)c1.Brc1cccc(I)c1.c1ccc2c(c1)Cc1ccncc1-2. The third-order valence-corrected chi connectivity index (χ3v) is 8.58. The van der Waals surface area contributed by atoms with Gasteiger partial charge in [-0.2, -0.15) is 0 Å². The molecule has 0 fully saturated rings. The van der Waals surface area contributed by atoms with E-state index in [9.17, 15) is 0 Å². The number of fused-ring (bicyclic) bond motifs is 6. The van der Waals surface area contributed by atoms with Gasteiger partial charge in [0.25, 0.3) is 0 Å². The maximum absolute atomic E-state index is 4.26. The molecule has 0 amide bonds. The Bertz CT molecular complexity index is 1870. The van der Waals surface area contributed by atoms with Crippen LogP contribution in [0.25, 0.3) is 38.6 Å². The molecule has 0 N–H and O–H groups in total. The highest BCUT2D eigenvalue weighted by atomic mass is 127. The molecule has 4 aromatic carbocycles. The number of benzene rings is 4. The van der Waals surface area contributed by atoms with Crippen molar-refractivity contribution in [3.05, 3.63) is 158 Å². The van der Waals surface area contributed by atoms with Crippen LogP contribution in [-0.2, 0) is 6.42 Å². The summed E-state index contributed by atoms with van der Waals surface area (Å²) in [6, 6.07) is 37.7. The summed E-state index contributed by atoms with van der Waals surface area (Å²) in [5, 5.41) is 2.42. The van der Waals surface area contributed by atoms with E-state index in [1.165, 1.54) is 47.6 Å². The smallest absolute Gasteiger partial charge is 0.0571 e. The summed E-state index contributed by atoms with van der Waals surface area (Å²) in [6.07, 6.45) is 8.67. The molecule has 41 heavy (non-hydrogen) atoms. The Morgan fingerprint density at radius 2 is 1.27 bits per heavy atom. The lowest BCUT2D eigenvalue weighted by atomic mass is 10.1. The maximum atomic E-state index is 4.26. The van der Waals surface area contributed by atoms with Crippen molar-refractivity contribution in [2.75, 3.05) is 0 Å². The topological polar surface area (TPSA) is 30.7 Å². The second kappa shape index (κ2) is 12.7. The standard InChI is InChI=1S/C17H11BrN2.C12H9N.C6H4BrI/c18-12-4-3-5-13(10-12)20-16-7-2-1-6-14(16)15-11-19-9-8-17(15)20;1-2-4-11-9(3-1)7-10-5-6-13-8-12(10)11;7-5-2-1-3-6(8)4-5/h1-11H;1-6,8H,7H2;1-4H. The minimum absolute atomic E-state index is 1.06. The lowest BCUT2D eigenvalue weighted by Gasteiger charge is -2.07. The van der Waals surface area contributed by atoms with Crippen LogP contribution in [0.5, 0.6) is 0 Å². The first-order chi connectivity index (χ1) is 20.1. The van der Waals surface area contributed by atoms with Gasteiger partial charge in [0.1, 0.15) is 0 Å². The van der Waals surface area contributed by atoms with E-state index in [0.29, 0.717) is 0 Å². The molecule has 0 aliphatic heterocycles. The van der Waals surface area contributed by atoms with E-state index in [0.717, 1.165) is 21.1 Å². The maximum Gasteiger partial charge on any atom is 0.0571 e. The molecule has 3 aromatic heterocycles. The van der Waals surface area contributed by atoms with Crippen molar-refractivity contribution in [3.63, 3.8) is 0 Å². The van der Waals surface area contributed by atoms with E-state index in [2.05, 4.69) is 160 Å². The molecule has 0 bridgehead atoms. The van der Waals surface area contributed by atoms with Crippen LogP contribution >= 0.6 is 54.5 Å². The van der Waals surface area contributed by atoms with Crippen molar-refractivity contribution in [3.8, 4) is 16.8 Å². The van der Waals surface area contributed by atoms with Crippen LogP contribution in [0.2, 0.25) is 0 Å². The van der Waals surface area contributed by atoms with Gasteiger partial charge in [-0.3, -0.25) is 9.97 Å². The van der Waals surface area contributed by atoms with Gasteiger partial charge >= 0.3 is 0 Å². The third-order valence-electron chi connectivity index (χ3n) is 6.93. The molecule has 8 rings (SSSR count). The zero-order chi connectivity index (χ0) is 28.2. The first kappa shape index (κ1) is 27.8. The fourth-order valence-corrected chi connectivity index (χ4v) is 6.89. The van der Waals surface area contributed by atoms with E-state index < -0.39 is 0 Å². The Morgan fingerprint density at radius 1 is 0.585 bits per heavy atom. The minimum Gasteiger partial charge on any atom is -0.309 e. The highest BCUT2D eigenvalue weighted by Crippen LogP contribution is 2.35. The van der Waals surface area contributed by atoms with Crippen LogP contribution in [-0.4, -0.2) is 14.5 Å². The number of hydrogen-bond donors (Lipinski definition) is 0. The fourth-order valence-electron chi connectivity index (χ4n) is 5.13. The number of rotatable bonds is 1. The van der Waals surface area contributed by atoms with Gasteiger partial charge < -0.3 is 4.57 Å². The van der Waals surface area contributed by atoms with Crippen molar-refractivity contribution in [1.29, 1.82) is 0 Å². The third kappa shape index (κ3) is 6.15. The summed E-state index contributed by atoms with van der Waals surface area (Å²) in [5.41, 5.74) is 9.01. The quantitative estimate of drug-likeness (QED) is 0.156. The van der Waals surface area contributed by atoms with Crippen molar-refractivity contribution in [1.82, 2.24) is 14.5 Å². The van der Waals surface area contributed by atoms with E-state index in [4.69, 9.17) is 0 Å². The second-order valence-corrected chi connectivity index (χ2v) is 12.6. The molecule has 3 nitrogen and oxygen atoms in total. The predicted octanol–water partition coefficient (Wildman–Crippen LogP) is 10.6. The van der Waals surface area contributed by atoms with Crippen molar-refractivity contribution >= 4 is 76.3 Å². The summed E-state index contributed by atoms with van der Waals surface area (Å²) >= 11 is 9.18. The number of hydrogen-bond acceptors (Lipinski definition) is 2. The number of nitrogens with zero attached hydrogens (tertiary/aromatic N) is 3. The number of aromatic nitrogens is 3. The molecular weight excluding hydrogens is 749 g/mol. The molecular formula is C35H24Br2IN3. The Balaban J connectivity index is 0.000000123. The zero-order valence-corrected chi connectivity index (χ0v) is 27.2. The van der Waals surface area contributed by atoms with Crippen LogP contribution in [0.4, 0.5) is 0 Å². The van der Waals surface area contributed by atoms with Gasteiger partial charge in [-0.25, -0.2) is 0 Å². The van der Waals surface area contributed by atoms with Crippen LogP contribution in [0.15, 0.2) is 143 Å². The minimum atomic E-state index is 1.06. The first-order valence-electron chi connectivity index (χ1n) is 13.1. The molecule has 0 saturated heterocycles. The predicted molar refractivity (Wildman–Crippen MR) is 186 cm³/mol. The van der Waals surface area contributed by atoms with E-state index in [-0.39, 0.29) is 0 Å². The molecule has 200 valence electrons.